The van der Waals surface area contributed by atoms with E-state index in [0.29, 0.717) is 0 Å². The maximum absolute atomic E-state index is 8.88. The van der Waals surface area contributed by atoms with Gasteiger partial charge < -0.3 is 10.1 Å². The summed E-state index contributed by atoms with van der Waals surface area (Å²) >= 11 is 0. The summed E-state index contributed by atoms with van der Waals surface area (Å²) in [6, 6.07) is 2.31. The summed E-state index contributed by atoms with van der Waals surface area (Å²) in [5.41, 5.74) is 0.0382. The second-order valence-electron chi connectivity index (χ2n) is 5.83. The molecule has 3 heteroatoms. The van der Waals surface area contributed by atoms with Crippen LogP contribution in [0.15, 0.2) is 0 Å². The van der Waals surface area contributed by atoms with Gasteiger partial charge in [-0.25, -0.2) is 0 Å². The molecule has 0 aliphatic heterocycles. The molecular formula is C13H26N2O. The molecule has 0 atom stereocenters. The number of hydrogen-bond acceptors (Lipinski definition) is 3. The Morgan fingerprint density at radius 1 is 1.19 bits per heavy atom. The minimum Gasteiger partial charge on any atom is -0.385 e. The third-order valence-corrected chi connectivity index (χ3v) is 2.82. The monoisotopic (exact) mass is 226 g/mol. The van der Waals surface area contributed by atoms with Crippen molar-refractivity contribution in [3.63, 3.8) is 0 Å². The summed E-state index contributed by atoms with van der Waals surface area (Å²) in [6.45, 7) is 11.1. The third kappa shape index (κ3) is 7.67. The number of nitrogens with one attached hydrogen (secondary N) is 1. The predicted octanol–water partition coefficient (Wildman–Crippen LogP) is 2.58. The van der Waals surface area contributed by atoms with Crippen LogP contribution in [0.1, 0.15) is 40.5 Å². The zero-order valence-corrected chi connectivity index (χ0v) is 11.4. The molecule has 0 aromatic heterocycles. The topological polar surface area (TPSA) is 45.0 Å². The molecule has 0 unspecified atom stereocenters. The Bertz CT molecular complexity index is 229. The van der Waals surface area contributed by atoms with Crippen LogP contribution in [0.5, 0.6) is 0 Å². The van der Waals surface area contributed by atoms with Gasteiger partial charge in [0.1, 0.15) is 0 Å². The van der Waals surface area contributed by atoms with E-state index < -0.39 is 0 Å². The summed E-state index contributed by atoms with van der Waals surface area (Å²) in [4.78, 5) is 0. The highest BCUT2D eigenvalue weighted by Gasteiger charge is 2.19. The van der Waals surface area contributed by atoms with Crippen LogP contribution in [0.3, 0.4) is 0 Å². The van der Waals surface area contributed by atoms with Crippen LogP contribution in [0.2, 0.25) is 0 Å². The van der Waals surface area contributed by atoms with Gasteiger partial charge in [-0.1, -0.05) is 13.8 Å². The standard InChI is InChI=1S/C13H26N2O/c1-12(2,10-14)6-8-15-11-13(3,4)7-9-16-5/h15H,6-9,11H2,1-5H3. The molecule has 0 spiro atoms. The van der Waals surface area contributed by atoms with Crippen molar-refractivity contribution < 1.29 is 4.74 Å². The summed E-state index contributed by atoms with van der Waals surface area (Å²) in [6.07, 6.45) is 1.95. The highest BCUT2D eigenvalue weighted by atomic mass is 16.5. The van der Waals surface area contributed by atoms with Crippen molar-refractivity contribution in [2.24, 2.45) is 10.8 Å². The molecule has 0 rings (SSSR count). The number of nitriles is 1. The van der Waals surface area contributed by atoms with Crippen molar-refractivity contribution in [2.75, 3.05) is 26.8 Å². The first kappa shape index (κ1) is 15.4. The minimum absolute atomic E-state index is 0.219. The van der Waals surface area contributed by atoms with Crippen LogP contribution in [-0.4, -0.2) is 26.8 Å². The zero-order chi connectivity index (χ0) is 12.7. The number of ether oxygens (including phenoxy) is 1. The fourth-order valence-corrected chi connectivity index (χ4v) is 1.35. The van der Waals surface area contributed by atoms with E-state index in [2.05, 4.69) is 25.2 Å². The lowest BCUT2D eigenvalue weighted by molar-refractivity contribution is 0.150. The van der Waals surface area contributed by atoms with Gasteiger partial charge in [-0.05, 0) is 38.6 Å². The summed E-state index contributed by atoms with van der Waals surface area (Å²) in [5.74, 6) is 0. The number of methoxy groups -OCH3 is 1. The van der Waals surface area contributed by atoms with Gasteiger partial charge in [-0.2, -0.15) is 5.26 Å². The summed E-state index contributed by atoms with van der Waals surface area (Å²) in [5, 5.41) is 12.3. The Hall–Kier alpha value is -0.590. The molecule has 94 valence electrons. The third-order valence-electron chi connectivity index (χ3n) is 2.82. The van der Waals surface area contributed by atoms with E-state index in [1.54, 1.807) is 7.11 Å². The molecule has 16 heavy (non-hydrogen) atoms. The summed E-state index contributed by atoms with van der Waals surface area (Å²) in [7, 11) is 1.74. The molecular weight excluding hydrogens is 200 g/mol. The Morgan fingerprint density at radius 3 is 2.31 bits per heavy atom. The van der Waals surface area contributed by atoms with E-state index in [1.165, 1.54) is 0 Å². The van der Waals surface area contributed by atoms with E-state index in [1.807, 2.05) is 13.8 Å². The first-order valence-electron chi connectivity index (χ1n) is 5.94. The molecule has 0 radical (unpaired) electrons. The molecule has 0 fully saturated rings. The molecule has 0 aromatic carbocycles. The van der Waals surface area contributed by atoms with Crippen LogP contribution in [0, 0.1) is 22.2 Å². The van der Waals surface area contributed by atoms with Crippen molar-refractivity contribution in [2.45, 2.75) is 40.5 Å². The van der Waals surface area contributed by atoms with Crippen molar-refractivity contribution in [3.05, 3.63) is 0 Å². The predicted molar refractivity (Wildman–Crippen MR) is 67.2 cm³/mol. The number of nitrogens with zero attached hydrogens (tertiary/aromatic N) is 1. The maximum atomic E-state index is 8.88. The molecule has 0 bridgehead atoms. The summed E-state index contributed by atoms with van der Waals surface area (Å²) < 4.78 is 5.08. The number of rotatable bonds is 8. The lowest BCUT2D eigenvalue weighted by Gasteiger charge is -2.25. The van der Waals surface area contributed by atoms with E-state index in [4.69, 9.17) is 10.00 Å². The van der Waals surface area contributed by atoms with Gasteiger partial charge in [0.15, 0.2) is 0 Å². The van der Waals surface area contributed by atoms with E-state index >= 15 is 0 Å². The molecule has 3 nitrogen and oxygen atoms in total. The van der Waals surface area contributed by atoms with E-state index in [-0.39, 0.29) is 10.8 Å². The largest absolute Gasteiger partial charge is 0.385 e. The highest BCUT2D eigenvalue weighted by Crippen LogP contribution is 2.20. The molecule has 0 aromatic rings. The van der Waals surface area contributed by atoms with Crippen LogP contribution in [0.25, 0.3) is 0 Å². The minimum atomic E-state index is -0.219. The molecule has 1 N–H and O–H groups in total. The highest BCUT2D eigenvalue weighted by molar-refractivity contribution is 4.91. The Labute approximate surface area is 100 Å². The molecule has 0 saturated carbocycles. The van der Waals surface area contributed by atoms with E-state index in [9.17, 15) is 0 Å². The van der Waals surface area contributed by atoms with Crippen molar-refractivity contribution in [1.29, 1.82) is 5.26 Å². The van der Waals surface area contributed by atoms with Gasteiger partial charge in [-0.3, -0.25) is 0 Å². The number of hydrogen-bond donors (Lipinski definition) is 1. The van der Waals surface area contributed by atoms with Gasteiger partial charge >= 0.3 is 0 Å². The fourth-order valence-electron chi connectivity index (χ4n) is 1.35. The Kier molecular flexibility index (Phi) is 6.62. The molecule has 0 amide bonds. The maximum Gasteiger partial charge on any atom is 0.0684 e. The first-order chi connectivity index (χ1) is 7.33. The van der Waals surface area contributed by atoms with Crippen LogP contribution >= 0.6 is 0 Å². The van der Waals surface area contributed by atoms with Crippen molar-refractivity contribution in [3.8, 4) is 6.07 Å². The van der Waals surface area contributed by atoms with Crippen LogP contribution in [-0.2, 0) is 4.74 Å². The Morgan fingerprint density at radius 2 is 1.81 bits per heavy atom. The SMILES string of the molecule is COCCC(C)(C)CNCCC(C)(C)C#N. The average Bonchev–Trinajstić information content (AvgIpc) is 2.22. The zero-order valence-electron chi connectivity index (χ0n) is 11.4. The quantitative estimate of drug-likeness (QED) is 0.647. The lowest BCUT2D eigenvalue weighted by Crippen LogP contribution is -2.32. The van der Waals surface area contributed by atoms with Gasteiger partial charge in [0, 0.05) is 20.3 Å². The molecule has 0 aliphatic carbocycles. The van der Waals surface area contributed by atoms with Gasteiger partial charge in [0.2, 0.25) is 0 Å². The van der Waals surface area contributed by atoms with Crippen LogP contribution in [0.4, 0.5) is 0 Å². The normalized spacial score (nSPS) is 12.5. The molecule has 0 heterocycles. The van der Waals surface area contributed by atoms with E-state index in [0.717, 1.165) is 32.5 Å². The second-order valence-corrected chi connectivity index (χ2v) is 5.83. The smallest absolute Gasteiger partial charge is 0.0684 e. The Balaban J connectivity index is 3.70. The van der Waals surface area contributed by atoms with Crippen LogP contribution < -0.4 is 5.32 Å². The van der Waals surface area contributed by atoms with Crippen molar-refractivity contribution in [1.82, 2.24) is 5.32 Å². The first-order valence-corrected chi connectivity index (χ1v) is 5.94. The molecule has 0 saturated heterocycles. The van der Waals surface area contributed by atoms with Gasteiger partial charge in [0.05, 0.1) is 11.5 Å². The average molecular weight is 226 g/mol. The van der Waals surface area contributed by atoms with Crippen molar-refractivity contribution >= 4 is 0 Å². The second kappa shape index (κ2) is 6.88. The fraction of sp³-hybridized carbons (Fsp3) is 0.923. The lowest BCUT2D eigenvalue weighted by atomic mass is 9.88. The van der Waals surface area contributed by atoms with Gasteiger partial charge in [-0.15, -0.1) is 0 Å². The van der Waals surface area contributed by atoms with Gasteiger partial charge in [0.25, 0.3) is 0 Å². The molecule has 0 aliphatic rings.